The summed E-state index contributed by atoms with van der Waals surface area (Å²) in [5.74, 6) is 0.232. The van der Waals surface area contributed by atoms with Crippen molar-refractivity contribution in [3.63, 3.8) is 0 Å². The van der Waals surface area contributed by atoms with Crippen molar-refractivity contribution in [1.82, 2.24) is 4.57 Å². The molecule has 2 aromatic rings. The van der Waals surface area contributed by atoms with Crippen LogP contribution in [0.2, 0.25) is 0 Å². The van der Waals surface area contributed by atoms with E-state index in [0.717, 1.165) is 19.3 Å². The SMILES string of the molecule is Cc1cn(C(=O)CCc2ccccc2)c2c1CCC2. The van der Waals surface area contributed by atoms with E-state index in [1.165, 1.54) is 28.8 Å². The van der Waals surface area contributed by atoms with Gasteiger partial charge in [0.05, 0.1) is 0 Å². The van der Waals surface area contributed by atoms with E-state index in [0.29, 0.717) is 6.42 Å². The van der Waals surface area contributed by atoms with Crippen molar-refractivity contribution in [2.24, 2.45) is 0 Å². The third-order valence-corrected chi connectivity index (χ3v) is 4.02. The number of carbonyl (C=O) groups is 1. The number of aryl methyl sites for hydroxylation is 2. The van der Waals surface area contributed by atoms with Crippen LogP contribution in [0.4, 0.5) is 0 Å². The molecule has 2 heteroatoms. The minimum Gasteiger partial charge on any atom is -0.291 e. The molecule has 2 nitrogen and oxygen atoms in total. The smallest absolute Gasteiger partial charge is 0.231 e. The molecule has 0 fully saturated rings. The fraction of sp³-hybridized carbons (Fsp3) is 0.353. The van der Waals surface area contributed by atoms with E-state index >= 15 is 0 Å². The molecule has 1 aromatic carbocycles. The maximum atomic E-state index is 12.4. The normalized spacial score (nSPS) is 13.5. The summed E-state index contributed by atoms with van der Waals surface area (Å²) in [7, 11) is 0. The molecule has 0 atom stereocenters. The second-order valence-electron chi connectivity index (χ2n) is 5.34. The summed E-state index contributed by atoms with van der Waals surface area (Å²) in [5.41, 5.74) is 5.18. The van der Waals surface area contributed by atoms with Gasteiger partial charge in [0.2, 0.25) is 5.91 Å². The quantitative estimate of drug-likeness (QED) is 0.819. The van der Waals surface area contributed by atoms with Crippen molar-refractivity contribution in [1.29, 1.82) is 0 Å². The molecule has 0 radical (unpaired) electrons. The van der Waals surface area contributed by atoms with Crippen molar-refractivity contribution in [3.05, 3.63) is 58.9 Å². The zero-order valence-electron chi connectivity index (χ0n) is 11.4. The van der Waals surface area contributed by atoms with Crippen molar-refractivity contribution in [3.8, 4) is 0 Å². The maximum Gasteiger partial charge on any atom is 0.231 e. The Labute approximate surface area is 114 Å². The summed E-state index contributed by atoms with van der Waals surface area (Å²) in [6.07, 6.45) is 6.83. The Kier molecular flexibility index (Phi) is 3.24. The van der Waals surface area contributed by atoms with E-state index in [2.05, 4.69) is 19.1 Å². The number of hydrogen-bond acceptors (Lipinski definition) is 1. The highest BCUT2D eigenvalue weighted by Gasteiger charge is 2.21. The topological polar surface area (TPSA) is 22.0 Å². The Morgan fingerprint density at radius 3 is 2.79 bits per heavy atom. The van der Waals surface area contributed by atoms with E-state index in [1.54, 1.807) is 0 Å². The maximum absolute atomic E-state index is 12.4. The number of fused-ring (bicyclic) bond motifs is 1. The molecule has 0 bridgehead atoms. The molecule has 0 amide bonds. The highest BCUT2D eigenvalue weighted by molar-refractivity contribution is 5.81. The molecule has 1 aliphatic rings. The van der Waals surface area contributed by atoms with Crippen LogP contribution in [0.1, 0.15) is 40.0 Å². The highest BCUT2D eigenvalue weighted by Crippen LogP contribution is 2.27. The van der Waals surface area contributed by atoms with Gasteiger partial charge in [0.15, 0.2) is 0 Å². The molecule has 1 heterocycles. The predicted octanol–water partition coefficient (Wildman–Crippen LogP) is 3.56. The van der Waals surface area contributed by atoms with Gasteiger partial charge >= 0.3 is 0 Å². The molecule has 98 valence electrons. The average Bonchev–Trinajstić information content (AvgIpc) is 3.02. The van der Waals surface area contributed by atoms with Crippen LogP contribution in [0, 0.1) is 6.92 Å². The van der Waals surface area contributed by atoms with Crippen LogP contribution in [0.3, 0.4) is 0 Å². The molecule has 1 aromatic heterocycles. The van der Waals surface area contributed by atoms with Crippen molar-refractivity contribution in [2.45, 2.75) is 39.0 Å². The fourth-order valence-electron chi connectivity index (χ4n) is 3.01. The van der Waals surface area contributed by atoms with Gasteiger partial charge in [0, 0.05) is 18.3 Å². The Balaban J connectivity index is 1.73. The van der Waals surface area contributed by atoms with Crippen molar-refractivity contribution < 1.29 is 4.79 Å². The van der Waals surface area contributed by atoms with Gasteiger partial charge in [-0.05, 0) is 49.3 Å². The summed E-state index contributed by atoms with van der Waals surface area (Å²) in [5, 5.41) is 0. The Hall–Kier alpha value is -1.83. The summed E-state index contributed by atoms with van der Waals surface area (Å²) in [6.45, 7) is 2.12. The first-order chi connectivity index (χ1) is 9.25. The molecule has 0 saturated carbocycles. The van der Waals surface area contributed by atoms with Crippen LogP contribution in [0.25, 0.3) is 0 Å². The lowest BCUT2D eigenvalue weighted by molar-refractivity contribution is 0.0900. The van der Waals surface area contributed by atoms with E-state index in [1.807, 2.05) is 29.0 Å². The van der Waals surface area contributed by atoms with Crippen LogP contribution in [0.15, 0.2) is 36.5 Å². The number of nitrogens with zero attached hydrogens (tertiary/aromatic N) is 1. The van der Waals surface area contributed by atoms with E-state index in [9.17, 15) is 4.79 Å². The minimum absolute atomic E-state index is 0.232. The number of carbonyl (C=O) groups excluding carboxylic acids is 1. The van der Waals surface area contributed by atoms with Crippen LogP contribution in [-0.2, 0) is 19.3 Å². The number of aromatic nitrogens is 1. The highest BCUT2D eigenvalue weighted by atomic mass is 16.2. The summed E-state index contributed by atoms with van der Waals surface area (Å²) in [4.78, 5) is 12.4. The lowest BCUT2D eigenvalue weighted by Crippen LogP contribution is -2.13. The minimum atomic E-state index is 0.232. The van der Waals surface area contributed by atoms with Gasteiger partial charge in [0.1, 0.15) is 0 Å². The largest absolute Gasteiger partial charge is 0.291 e. The first-order valence-corrected chi connectivity index (χ1v) is 7.02. The molecular weight excluding hydrogens is 234 g/mol. The zero-order chi connectivity index (χ0) is 13.2. The molecule has 0 spiro atoms. The van der Waals surface area contributed by atoms with Gasteiger partial charge in [-0.25, -0.2) is 0 Å². The van der Waals surface area contributed by atoms with E-state index < -0.39 is 0 Å². The third-order valence-electron chi connectivity index (χ3n) is 4.02. The molecule has 0 saturated heterocycles. The second kappa shape index (κ2) is 5.04. The lowest BCUT2D eigenvalue weighted by Gasteiger charge is -2.06. The third kappa shape index (κ3) is 2.35. The summed E-state index contributed by atoms with van der Waals surface area (Å²) < 4.78 is 1.90. The van der Waals surface area contributed by atoms with Gasteiger partial charge in [-0.15, -0.1) is 0 Å². The predicted molar refractivity (Wildman–Crippen MR) is 76.6 cm³/mol. The molecule has 3 rings (SSSR count). The standard InChI is InChI=1S/C17H19NO/c1-13-12-18(16-9-5-8-15(13)16)17(19)11-10-14-6-3-2-4-7-14/h2-4,6-7,12H,5,8-11H2,1H3. The summed E-state index contributed by atoms with van der Waals surface area (Å²) >= 11 is 0. The van der Waals surface area contributed by atoms with Gasteiger partial charge in [-0.2, -0.15) is 0 Å². The second-order valence-corrected chi connectivity index (χ2v) is 5.34. The number of rotatable bonds is 3. The van der Waals surface area contributed by atoms with Crippen molar-refractivity contribution >= 4 is 5.91 Å². The molecule has 19 heavy (non-hydrogen) atoms. The fourth-order valence-corrected chi connectivity index (χ4v) is 3.01. The summed E-state index contributed by atoms with van der Waals surface area (Å²) in [6, 6.07) is 10.2. The average molecular weight is 253 g/mol. The number of benzene rings is 1. The van der Waals surface area contributed by atoms with E-state index in [4.69, 9.17) is 0 Å². The van der Waals surface area contributed by atoms with Gasteiger partial charge in [0.25, 0.3) is 0 Å². The molecule has 0 unspecified atom stereocenters. The van der Waals surface area contributed by atoms with Crippen LogP contribution in [0.5, 0.6) is 0 Å². The lowest BCUT2D eigenvalue weighted by atomic mass is 10.1. The first-order valence-electron chi connectivity index (χ1n) is 7.02. The number of hydrogen-bond donors (Lipinski definition) is 0. The Bertz CT molecular complexity index is 595. The zero-order valence-corrected chi connectivity index (χ0v) is 11.4. The monoisotopic (exact) mass is 253 g/mol. The van der Waals surface area contributed by atoms with Gasteiger partial charge in [-0.1, -0.05) is 30.3 Å². The van der Waals surface area contributed by atoms with Gasteiger partial charge in [-0.3, -0.25) is 9.36 Å². The van der Waals surface area contributed by atoms with Crippen LogP contribution < -0.4 is 0 Å². The van der Waals surface area contributed by atoms with E-state index in [-0.39, 0.29) is 5.91 Å². The first kappa shape index (κ1) is 12.2. The molecular formula is C17H19NO. The van der Waals surface area contributed by atoms with Crippen LogP contribution in [-0.4, -0.2) is 10.5 Å². The van der Waals surface area contributed by atoms with Crippen LogP contribution >= 0.6 is 0 Å². The molecule has 0 N–H and O–H groups in total. The Morgan fingerprint density at radius 2 is 2.00 bits per heavy atom. The molecule has 1 aliphatic carbocycles. The van der Waals surface area contributed by atoms with Crippen molar-refractivity contribution in [2.75, 3.05) is 0 Å². The molecule has 0 aliphatic heterocycles. The van der Waals surface area contributed by atoms with Gasteiger partial charge < -0.3 is 0 Å². The Morgan fingerprint density at radius 1 is 1.21 bits per heavy atom.